The lowest BCUT2D eigenvalue weighted by atomic mass is 10.1. The molecule has 1 rings (SSSR count). The van der Waals surface area contributed by atoms with Crippen molar-refractivity contribution >= 4 is 16.0 Å². The van der Waals surface area contributed by atoms with Crippen LogP contribution in [0, 0.1) is 0 Å². The summed E-state index contributed by atoms with van der Waals surface area (Å²) in [7, 11) is -3.60. The summed E-state index contributed by atoms with van der Waals surface area (Å²) in [4.78, 5) is 0. The molecule has 1 aliphatic rings. The fraction of sp³-hybridized carbons (Fsp3) is 0.667. The van der Waals surface area contributed by atoms with Gasteiger partial charge in [-0.3, -0.25) is 4.72 Å². The number of unbranched alkanes of at least 4 members (excludes halogenated alkanes) is 2. The van der Waals surface area contributed by atoms with E-state index >= 15 is 0 Å². The van der Waals surface area contributed by atoms with Crippen LogP contribution in [0.3, 0.4) is 0 Å². The van der Waals surface area contributed by atoms with Crippen LogP contribution in [-0.4, -0.2) is 14.3 Å². The number of allylic oxidation sites excluding steroid dienone is 1. The van der Waals surface area contributed by atoms with Crippen LogP contribution < -0.4 is 10.5 Å². The molecule has 0 atom stereocenters. The molecule has 0 radical (unpaired) electrons. The van der Waals surface area contributed by atoms with Crippen molar-refractivity contribution in [3.05, 3.63) is 11.3 Å². The zero-order chi connectivity index (χ0) is 11.5. The maximum absolute atomic E-state index is 11.2. The van der Waals surface area contributed by atoms with Gasteiger partial charge in [0.25, 0.3) is 0 Å². The predicted molar refractivity (Wildman–Crippen MR) is 60.5 cm³/mol. The number of nitrogens with two attached hydrogens (primary N) is 1. The van der Waals surface area contributed by atoms with Gasteiger partial charge in [0.1, 0.15) is 5.84 Å². The zero-order valence-corrected chi connectivity index (χ0v) is 9.89. The molecule has 0 aliphatic carbocycles. The van der Waals surface area contributed by atoms with Crippen molar-refractivity contribution in [3.63, 3.8) is 0 Å². The molecule has 0 unspecified atom stereocenters. The van der Waals surface area contributed by atoms with Crippen molar-refractivity contribution in [2.24, 2.45) is 10.1 Å². The topological polar surface area (TPSA) is 84.5 Å². The van der Waals surface area contributed by atoms with Crippen molar-refractivity contribution in [2.75, 3.05) is 0 Å². The van der Waals surface area contributed by atoms with E-state index in [0.29, 0.717) is 12.1 Å². The Morgan fingerprint density at radius 1 is 1.40 bits per heavy atom. The van der Waals surface area contributed by atoms with Gasteiger partial charge in [-0.2, -0.15) is 8.42 Å². The Labute approximate surface area is 90.6 Å². The summed E-state index contributed by atoms with van der Waals surface area (Å²) in [6.07, 6.45) is 3.84. The van der Waals surface area contributed by atoms with E-state index < -0.39 is 10.2 Å². The van der Waals surface area contributed by atoms with Crippen molar-refractivity contribution in [3.8, 4) is 0 Å². The molecule has 0 aromatic rings. The molecule has 6 heteroatoms. The second-order valence-electron chi connectivity index (χ2n) is 3.61. The molecule has 1 aliphatic heterocycles. The van der Waals surface area contributed by atoms with E-state index in [1.165, 1.54) is 0 Å². The first-order chi connectivity index (χ1) is 6.96. The molecule has 0 amide bonds. The minimum atomic E-state index is -3.60. The molecule has 0 aromatic carbocycles. The second-order valence-corrected chi connectivity index (χ2v) is 4.95. The first-order valence-electron chi connectivity index (χ1n) is 5.04. The van der Waals surface area contributed by atoms with Crippen LogP contribution in [0.15, 0.2) is 15.7 Å². The van der Waals surface area contributed by atoms with Crippen LogP contribution in [0.2, 0.25) is 0 Å². The maximum Gasteiger partial charge on any atom is 0.343 e. The average molecular weight is 231 g/mol. The van der Waals surface area contributed by atoms with Crippen LogP contribution in [-0.2, 0) is 10.2 Å². The summed E-state index contributed by atoms with van der Waals surface area (Å²) in [5.74, 6) is 0.0975. The molecule has 15 heavy (non-hydrogen) atoms. The summed E-state index contributed by atoms with van der Waals surface area (Å²) >= 11 is 0. The summed E-state index contributed by atoms with van der Waals surface area (Å²) in [5.41, 5.74) is 6.94. The fourth-order valence-corrected chi connectivity index (χ4v) is 2.41. The van der Waals surface area contributed by atoms with Crippen molar-refractivity contribution < 1.29 is 8.42 Å². The third kappa shape index (κ3) is 3.23. The predicted octanol–water partition coefficient (Wildman–Crippen LogP) is 1.05. The van der Waals surface area contributed by atoms with Gasteiger partial charge in [0.05, 0.1) is 0 Å². The van der Waals surface area contributed by atoms with Crippen molar-refractivity contribution in [2.45, 2.75) is 39.5 Å². The Morgan fingerprint density at radius 2 is 2.07 bits per heavy atom. The molecule has 3 N–H and O–H groups in total. The second kappa shape index (κ2) is 4.65. The lowest BCUT2D eigenvalue weighted by molar-refractivity contribution is 0.585. The number of hydrogen-bond donors (Lipinski definition) is 2. The highest BCUT2D eigenvalue weighted by Crippen LogP contribution is 2.16. The third-order valence-corrected chi connectivity index (χ3v) is 3.28. The van der Waals surface area contributed by atoms with Gasteiger partial charge in [0.2, 0.25) is 0 Å². The number of hydrogen-bond acceptors (Lipinski definition) is 3. The van der Waals surface area contributed by atoms with Gasteiger partial charge in [-0.05, 0) is 19.8 Å². The van der Waals surface area contributed by atoms with E-state index in [9.17, 15) is 8.42 Å². The Hall–Kier alpha value is -1.04. The highest BCUT2D eigenvalue weighted by Gasteiger charge is 2.20. The van der Waals surface area contributed by atoms with Gasteiger partial charge in [-0.1, -0.05) is 19.8 Å². The normalized spacial score (nSPS) is 19.7. The molecular formula is C9H17N3O2S. The molecule has 0 saturated carbocycles. The van der Waals surface area contributed by atoms with Gasteiger partial charge in [0.15, 0.2) is 0 Å². The van der Waals surface area contributed by atoms with Crippen molar-refractivity contribution in [1.29, 1.82) is 0 Å². The van der Waals surface area contributed by atoms with E-state index in [4.69, 9.17) is 5.73 Å². The summed E-state index contributed by atoms with van der Waals surface area (Å²) in [6.45, 7) is 3.88. The molecule has 5 nitrogen and oxygen atoms in total. The first-order valence-corrected chi connectivity index (χ1v) is 6.48. The summed E-state index contributed by atoms with van der Waals surface area (Å²) in [6, 6.07) is 0. The summed E-state index contributed by atoms with van der Waals surface area (Å²) in [5, 5.41) is 0. The molecule has 86 valence electrons. The SMILES string of the molecule is CCCCCC1=C(C)C(N)=NS(=O)(=O)N1. The van der Waals surface area contributed by atoms with E-state index in [1.807, 2.05) is 0 Å². The molecule has 0 saturated heterocycles. The minimum Gasteiger partial charge on any atom is -0.383 e. The lowest BCUT2D eigenvalue weighted by Gasteiger charge is -2.17. The van der Waals surface area contributed by atoms with E-state index in [0.717, 1.165) is 24.8 Å². The highest BCUT2D eigenvalue weighted by molar-refractivity contribution is 7.88. The van der Waals surface area contributed by atoms with Crippen LogP contribution in [0.4, 0.5) is 0 Å². The standard InChI is InChI=1S/C9H17N3O2S/c1-3-4-5-6-8-7(2)9(10)12-15(13,14)11-8/h11H,3-6H2,1-2H3,(H2,10,12). The molecular weight excluding hydrogens is 214 g/mol. The molecule has 0 aromatic heterocycles. The Morgan fingerprint density at radius 3 is 2.67 bits per heavy atom. The van der Waals surface area contributed by atoms with E-state index in [2.05, 4.69) is 16.0 Å². The Bertz CT molecular complexity index is 396. The molecule has 0 bridgehead atoms. The largest absolute Gasteiger partial charge is 0.383 e. The zero-order valence-electron chi connectivity index (χ0n) is 9.08. The van der Waals surface area contributed by atoms with Crippen LogP contribution in [0.5, 0.6) is 0 Å². The Kier molecular flexibility index (Phi) is 3.73. The fourth-order valence-electron chi connectivity index (χ4n) is 1.40. The van der Waals surface area contributed by atoms with Crippen LogP contribution in [0.1, 0.15) is 39.5 Å². The van der Waals surface area contributed by atoms with Gasteiger partial charge in [-0.15, -0.1) is 4.40 Å². The lowest BCUT2D eigenvalue weighted by Crippen LogP contribution is -2.32. The van der Waals surface area contributed by atoms with Gasteiger partial charge in [0, 0.05) is 11.3 Å². The van der Waals surface area contributed by atoms with E-state index in [1.54, 1.807) is 6.92 Å². The maximum atomic E-state index is 11.2. The molecule has 0 spiro atoms. The summed E-state index contributed by atoms with van der Waals surface area (Å²) < 4.78 is 28.3. The highest BCUT2D eigenvalue weighted by atomic mass is 32.2. The van der Waals surface area contributed by atoms with E-state index in [-0.39, 0.29) is 5.84 Å². The monoisotopic (exact) mass is 231 g/mol. The van der Waals surface area contributed by atoms with Crippen molar-refractivity contribution in [1.82, 2.24) is 4.72 Å². The smallest absolute Gasteiger partial charge is 0.343 e. The molecule has 1 heterocycles. The van der Waals surface area contributed by atoms with Gasteiger partial charge in [-0.25, -0.2) is 0 Å². The molecule has 0 fully saturated rings. The van der Waals surface area contributed by atoms with Gasteiger partial charge >= 0.3 is 10.2 Å². The van der Waals surface area contributed by atoms with Gasteiger partial charge < -0.3 is 5.73 Å². The number of rotatable bonds is 4. The third-order valence-electron chi connectivity index (χ3n) is 2.34. The number of nitrogens with one attached hydrogen (secondary N) is 1. The average Bonchev–Trinajstić information content (AvgIpc) is 2.12. The van der Waals surface area contributed by atoms with Crippen LogP contribution >= 0.6 is 0 Å². The van der Waals surface area contributed by atoms with Crippen LogP contribution in [0.25, 0.3) is 0 Å². The number of amidine groups is 1. The minimum absolute atomic E-state index is 0.0975. The Balaban J connectivity index is 2.78. The number of nitrogens with zero attached hydrogens (tertiary/aromatic N) is 1. The quantitative estimate of drug-likeness (QED) is 0.709. The first kappa shape index (κ1) is 12.0.